The summed E-state index contributed by atoms with van der Waals surface area (Å²) in [5.41, 5.74) is 2.44. The van der Waals surface area contributed by atoms with Crippen LogP contribution < -0.4 is 10.3 Å². The number of hydrogen-bond donors (Lipinski definition) is 2. The van der Waals surface area contributed by atoms with Crippen LogP contribution in [0.3, 0.4) is 0 Å². The first-order valence-electron chi connectivity index (χ1n) is 9.22. The molecule has 0 radical (unpaired) electrons. The van der Waals surface area contributed by atoms with Crippen LogP contribution in [-0.2, 0) is 21.2 Å². The third-order valence-corrected chi connectivity index (χ3v) is 5.68. The van der Waals surface area contributed by atoms with E-state index in [1.54, 1.807) is 32.0 Å². The maximum atomic E-state index is 12.6. The van der Waals surface area contributed by atoms with Gasteiger partial charge in [0.15, 0.2) is 0 Å². The average Bonchev–Trinajstić information content (AvgIpc) is 2.71. The van der Waals surface area contributed by atoms with Crippen LogP contribution in [0.4, 0.5) is 5.69 Å². The van der Waals surface area contributed by atoms with E-state index >= 15 is 0 Å². The van der Waals surface area contributed by atoms with Crippen molar-refractivity contribution in [3.05, 3.63) is 87.3 Å². The molecule has 0 bridgehead atoms. The van der Waals surface area contributed by atoms with Gasteiger partial charge < -0.3 is 4.74 Å². The minimum Gasteiger partial charge on any atom is -0.462 e. The van der Waals surface area contributed by atoms with E-state index in [0.717, 1.165) is 5.56 Å². The summed E-state index contributed by atoms with van der Waals surface area (Å²) in [5, 5.41) is 6.27. The molecule has 2 aromatic carbocycles. The van der Waals surface area contributed by atoms with Crippen molar-refractivity contribution in [2.24, 2.45) is 0 Å². The topological polar surface area (TPSA) is 118 Å². The molecule has 0 aliphatic heterocycles. The first-order valence-corrected chi connectivity index (χ1v) is 10.7. The first kappa shape index (κ1) is 21.3. The van der Waals surface area contributed by atoms with Gasteiger partial charge in [-0.05, 0) is 61.9 Å². The number of esters is 1. The smallest absolute Gasteiger partial charge is 0.338 e. The quantitative estimate of drug-likeness (QED) is 0.560. The van der Waals surface area contributed by atoms with Crippen molar-refractivity contribution in [2.45, 2.75) is 25.2 Å². The van der Waals surface area contributed by atoms with E-state index in [1.165, 1.54) is 36.4 Å². The Balaban J connectivity index is 1.72. The van der Waals surface area contributed by atoms with Gasteiger partial charge in [-0.2, -0.15) is 5.10 Å². The number of aryl methyl sites for hydroxylation is 1. The molecule has 8 nitrogen and oxygen atoms in total. The highest BCUT2D eigenvalue weighted by atomic mass is 32.2. The fraction of sp³-hybridized carbons (Fsp3) is 0.190. The molecule has 3 rings (SSSR count). The molecule has 0 amide bonds. The predicted octanol–water partition coefficient (Wildman–Crippen LogP) is 2.65. The zero-order valence-corrected chi connectivity index (χ0v) is 17.3. The SMILES string of the molecule is CCOC(=O)c1ccc(NS(=O)(=O)c2ccc(Cc3cc(C)n[nH]c3=O)cc2)cc1. The van der Waals surface area contributed by atoms with Gasteiger partial charge in [0.2, 0.25) is 0 Å². The number of hydrogen-bond acceptors (Lipinski definition) is 6. The fourth-order valence-electron chi connectivity index (χ4n) is 2.80. The number of sulfonamides is 1. The lowest BCUT2D eigenvalue weighted by molar-refractivity contribution is 0.0526. The summed E-state index contributed by atoms with van der Waals surface area (Å²) in [5.74, 6) is -0.467. The number of nitrogens with zero attached hydrogens (tertiary/aromatic N) is 1. The number of nitrogens with one attached hydrogen (secondary N) is 2. The fourth-order valence-corrected chi connectivity index (χ4v) is 3.86. The molecule has 1 aromatic heterocycles. The molecule has 3 aromatic rings. The maximum Gasteiger partial charge on any atom is 0.338 e. The lowest BCUT2D eigenvalue weighted by Gasteiger charge is -2.10. The molecule has 156 valence electrons. The van der Waals surface area contributed by atoms with Crippen LogP contribution in [0.15, 0.2) is 64.3 Å². The third kappa shape index (κ3) is 5.12. The summed E-state index contributed by atoms with van der Waals surface area (Å²) < 4.78 is 32.6. The highest BCUT2D eigenvalue weighted by Crippen LogP contribution is 2.18. The zero-order valence-electron chi connectivity index (χ0n) is 16.5. The molecular weight excluding hydrogens is 406 g/mol. The molecule has 0 saturated carbocycles. The van der Waals surface area contributed by atoms with Crippen molar-refractivity contribution < 1.29 is 17.9 Å². The summed E-state index contributed by atoms with van der Waals surface area (Å²) in [7, 11) is -3.81. The molecule has 0 atom stereocenters. The van der Waals surface area contributed by atoms with Gasteiger partial charge in [0.1, 0.15) is 0 Å². The van der Waals surface area contributed by atoms with Crippen LogP contribution in [-0.4, -0.2) is 31.2 Å². The normalized spacial score (nSPS) is 11.1. The monoisotopic (exact) mass is 427 g/mol. The van der Waals surface area contributed by atoms with Crippen molar-refractivity contribution in [1.29, 1.82) is 0 Å². The van der Waals surface area contributed by atoms with Gasteiger partial charge in [0.05, 0.1) is 22.8 Å². The van der Waals surface area contributed by atoms with Gasteiger partial charge in [0.25, 0.3) is 15.6 Å². The van der Waals surface area contributed by atoms with Crippen LogP contribution >= 0.6 is 0 Å². The second kappa shape index (κ2) is 8.91. The third-order valence-electron chi connectivity index (χ3n) is 4.29. The Morgan fingerprint density at radius 3 is 2.40 bits per heavy atom. The first-order chi connectivity index (χ1) is 14.3. The molecule has 0 fully saturated rings. The molecular formula is C21H21N3O5S. The number of anilines is 1. The van der Waals surface area contributed by atoms with E-state index < -0.39 is 16.0 Å². The second-order valence-electron chi connectivity index (χ2n) is 6.59. The van der Waals surface area contributed by atoms with Crippen molar-refractivity contribution >= 4 is 21.7 Å². The molecule has 0 aliphatic carbocycles. The van der Waals surface area contributed by atoms with Gasteiger partial charge >= 0.3 is 5.97 Å². The largest absolute Gasteiger partial charge is 0.462 e. The number of carbonyl (C=O) groups is 1. The maximum absolute atomic E-state index is 12.6. The van der Waals surface area contributed by atoms with Crippen LogP contribution in [0.5, 0.6) is 0 Å². The molecule has 2 N–H and O–H groups in total. The Bertz CT molecular complexity index is 1200. The Hall–Kier alpha value is -3.46. The number of aromatic amines is 1. The molecule has 0 aliphatic rings. The number of aromatic nitrogens is 2. The Labute approximate surface area is 174 Å². The minimum absolute atomic E-state index is 0.0838. The van der Waals surface area contributed by atoms with Gasteiger partial charge in [-0.1, -0.05) is 12.1 Å². The summed E-state index contributed by atoms with van der Waals surface area (Å²) in [6.45, 7) is 3.75. The number of H-pyrrole nitrogens is 1. The van der Waals surface area contributed by atoms with Gasteiger partial charge in [-0.3, -0.25) is 9.52 Å². The average molecular weight is 427 g/mol. The van der Waals surface area contributed by atoms with E-state index in [-0.39, 0.29) is 17.1 Å². The van der Waals surface area contributed by atoms with Gasteiger partial charge in [0, 0.05) is 17.7 Å². The molecule has 9 heteroatoms. The Kier molecular flexibility index (Phi) is 6.31. The van der Waals surface area contributed by atoms with E-state index in [1.807, 2.05) is 0 Å². The van der Waals surface area contributed by atoms with Crippen molar-refractivity contribution in [3.63, 3.8) is 0 Å². The van der Waals surface area contributed by atoms with Crippen molar-refractivity contribution in [1.82, 2.24) is 10.2 Å². The van der Waals surface area contributed by atoms with E-state index in [0.29, 0.717) is 28.9 Å². The Morgan fingerprint density at radius 1 is 1.10 bits per heavy atom. The summed E-state index contributed by atoms with van der Waals surface area (Å²) in [4.78, 5) is 23.6. The van der Waals surface area contributed by atoms with Crippen LogP contribution in [0.1, 0.15) is 34.1 Å². The molecule has 30 heavy (non-hydrogen) atoms. The molecule has 0 unspecified atom stereocenters. The number of rotatable bonds is 7. The standard InChI is InChI=1S/C21H21N3O5S/c1-3-29-21(26)16-6-8-18(9-7-16)24-30(27,28)19-10-4-15(5-11-19)13-17-12-14(2)22-23-20(17)25/h4-12,24H,3,13H2,1-2H3,(H,23,25). The minimum atomic E-state index is -3.81. The molecule has 0 saturated heterocycles. The Morgan fingerprint density at radius 2 is 1.77 bits per heavy atom. The lowest BCUT2D eigenvalue weighted by Crippen LogP contribution is -2.15. The number of benzene rings is 2. The van der Waals surface area contributed by atoms with E-state index in [2.05, 4.69) is 14.9 Å². The van der Waals surface area contributed by atoms with Crippen molar-refractivity contribution in [2.75, 3.05) is 11.3 Å². The summed E-state index contributed by atoms with van der Waals surface area (Å²) in [6, 6.07) is 14.0. The lowest BCUT2D eigenvalue weighted by atomic mass is 10.1. The number of carbonyl (C=O) groups excluding carboxylic acids is 1. The summed E-state index contributed by atoms with van der Waals surface area (Å²) >= 11 is 0. The van der Waals surface area contributed by atoms with Crippen LogP contribution in [0, 0.1) is 6.92 Å². The molecule has 0 spiro atoms. The van der Waals surface area contributed by atoms with Crippen LogP contribution in [0.2, 0.25) is 0 Å². The summed E-state index contributed by atoms with van der Waals surface area (Å²) in [6.07, 6.45) is 0.363. The second-order valence-corrected chi connectivity index (χ2v) is 8.27. The van der Waals surface area contributed by atoms with E-state index in [4.69, 9.17) is 4.74 Å². The van der Waals surface area contributed by atoms with Gasteiger partial charge in [-0.15, -0.1) is 0 Å². The zero-order chi connectivity index (χ0) is 21.7. The number of ether oxygens (including phenoxy) is 1. The van der Waals surface area contributed by atoms with Crippen LogP contribution in [0.25, 0.3) is 0 Å². The highest BCUT2D eigenvalue weighted by molar-refractivity contribution is 7.92. The van der Waals surface area contributed by atoms with Crippen molar-refractivity contribution in [3.8, 4) is 0 Å². The predicted molar refractivity (Wildman–Crippen MR) is 112 cm³/mol. The molecule has 1 heterocycles. The highest BCUT2D eigenvalue weighted by Gasteiger charge is 2.15. The van der Waals surface area contributed by atoms with Gasteiger partial charge in [-0.25, -0.2) is 18.3 Å². The van der Waals surface area contributed by atoms with E-state index in [9.17, 15) is 18.0 Å².